The van der Waals surface area contributed by atoms with Crippen LogP contribution in [-0.4, -0.2) is 22.1 Å². The Balaban J connectivity index is 1.90. The second-order valence-corrected chi connectivity index (χ2v) is 5.76. The minimum absolute atomic E-state index is 0.160. The first-order chi connectivity index (χ1) is 8.46. The summed E-state index contributed by atoms with van der Waals surface area (Å²) < 4.78 is 0. The number of carbonyl (C=O) groups is 1. The lowest BCUT2D eigenvalue weighted by Crippen LogP contribution is -2.39. The number of carbonyl (C=O) groups excluding carboxylic acids is 1. The van der Waals surface area contributed by atoms with E-state index in [4.69, 9.17) is 5.73 Å². The number of hydrogen-bond donors (Lipinski definition) is 2. The van der Waals surface area contributed by atoms with Gasteiger partial charge in [0.2, 0.25) is 0 Å². The molecule has 98 valence electrons. The second-order valence-electron chi connectivity index (χ2n) is 5.76. The van der Waals surface area contributed by atoms with E-state index >= 15 is 0 Å². The Bertz CT molecular complexity index is 417. The molecule has 0 saturated heterocycles. The Labute approximate surface area is 107 Å². The Morgan fingerprint density at radius 1 is 1.33 bits per heavy atom. The van der Waals surface area contributed by atoms with Crippen LogP contribution >= 0.6 is 0 Å². The van der Waals surface area contributed by atoms with E-state index < -0.39 is 0 Å². The fourth-order valence-electron chi connectivity index (χ4n) is 2.27. The van der Waals surface area contributed by atoms with Gasteiger partial charge in [0.05, 0.1) is 0 Å². The van der Waals surface area contributed by atoms with Gasteiger partial charge in [-0.05, 0) is 43.2 Å². The number of rotatable bonds is 2. The van der Waals surface area contributed by atoms with E-state index in [-0.39, 0.29) is 11.9 Å². The van der Waals surface area contributed by atoms with E-state index in [9.17, 15) is 4.79 Å². The SMILES string of the molecule is CC1(C)CCC(NC(=O)c2ccc(N)nn2)CC1. The molecule has 1 aromatic heterocycles. The van der Waals surface area contributed by atoms with Gasteiger partial charge in [-0.25, -0.2) is 0 Å². The monoisotopic (exact) mass is 248 g/mol. The molecule has 1 aromatic rings. The molecule has 1 amide bonds. The van der Waals surface area contributed by atoms with Crippen molar-refractivity contribution in [3.63, 3.8) is 0 Å². The van der Waals surface area contributed by atoms with E-state index in [0.29, 0.717) is 16.9 Å². The lowest BCUT2D eigenvalue weighted by atomic mass is 9.75. The average Bonchev–Trinajstić information content (AvgIpc) is 2.33. The first kappa shape index (κ1) is 12.8. The zero-order valence-corrected chi connectivity index (χ0v) is 10.9. The number of nitrogens with zero attached hydrogens (tertiary/aromatic N) is 2. The van der Waals surface area contributed by atoms with Crippen LogP contribution in [0.3, 0.4) is 0 Å². The fraction of sp³-hybridized carbons (Fsp3) is 0.615. The fourth-order valence-corrected chi connectivity index (χ4v) is 2.27. The van der Waals surface area contributed by atoms with Gasteiger partial charge in [-0.1, -0.05) is 13.8 Å². The van der Waals surface area contributed by atoms with Gasteiger partial charge in [-0.3, -0.25) is 4.79 Å². The largest absolute Gasteiger partial charge is 0.382 e. The Morgan fingerprint density at radius 3 is 2.56 bits per heavy atom. The number of nitrogen functional groups attached to an aromatic ring is 1. The van der Waals surface area contributed by atoms with Crippen LogP contribution in [0.4, 0.5) is 5.82 Å². The van der Waals surface area contributed by atoms with Gasteiger partial charge in [0, 0.05) is 6.04 Å². The number of aromatic nitrogens is 2. The molecule has 0 unspecified atom stereocenters. The molecule has 1 heterocycles. The molecule has 1 fully saturated rings. The van der Waals surface area contributed by atoms with Gasteiger partial charge in [-0.2, -0.15) is 0 Å². The molecule has 5 nitrogen and oxygen atoms in total. The third-order valence-corrected chi connectivity index (χ3v) is 3.59. The summed E-state index contributed by atoms with van der Waals surface area (Å²) in [7, 11) is 0. The summed E-state index contributed by atoms with van der Waals surface area (Å²) in [5.41, 5.74) is 6.17. The summed E-state index contributed by atoms with van der Waals surface area (Å²) in [4.78, 5) is 11.9. The van der Waals surface area contributed by atoms with Crippen LogP contribution in [0.2, 0.25) is 0 Å². The third kappa shape index (κ3) is 3.18. The standard InChI is InChI=1S/C13H20N4O/c1-13(2)7-5-9(6-8-13)15-12(18)10-3-4-11(14)17-16-10/h3-4,9H,5-8H2,1-2H3,(H2,14,17)(H,15,18). The maximum absolute atomic E-state index is 11.9. The molecule has 1 aliphatic carbocycles. The van der Waals surface area contributed by atoms with Crippen LogP contribution in [0.1, 0.15) is 50.0 Å². The van der Waals surface area contributed by atoms with Gasteiger partial charge in [0.25, 0.3) is 5.91 Å². The van der Waals surface area contributed by atoms with E-state index in [0.717, 1.165) is 25.7 Å². The Kier molecular flexibility index (Phi) is 3.50. The van der Waals surface area contributed by atoms with Gasteiger partial charge in [0.15, 0.2) is 5.69 Å². The maximum atomic E-state index is 11.9. The number of anilines is 1. The van der Waals surface area contributed by atoms with Crippen molar-refractivity contribution >= 4 is 11.7 Å². The van der Waals surface area contributed by atoms with Crippen LogP contribution in [0.25, 0.3) is 0 Å². The molecule has 1 saturated carbocycles. The highest BCUT2D eigenvalue weighted by Crippen LogP contribution is 2.34. The van der Waals surface area contributed by atoms with Gasteiger partial charge in [-0.15, -0.1) is 10.2 Å². The highest BCUT2D eigenvalue weighted by molar-refractivity contribution is 5.92. The number of nitrogens with one attached hydrogen (secondary N) is 1. The van der Waals surface area contributed by atoms with E-state index in [1.54, 1.807) is 12.1 Å². The molecular formula is C13H20N4O. The quantitative estimate of drug-likeness (QED) is 0.835. The molecule has 0 aliphatic heterocycles. The van der Waals surface area contributed by atoms with Crippen LogP contribution in [0, 0.1) is 5.41 Å². The van der Waals surface area contributed by atoms with Crippen molar-refractivity contribution < 1.29 is 4.79 Å². The van der Waals surface area contributed by atoms with Crippen molar-refractivity contribution in [2.24, 2.45) is 5.41 Å². The summed E-state index contributed by atoms with van der Waals surface area (Å²) >= 11 is 0. The van der Waals surface area contributed by atoms with Crippen molar-refractivity contribution in [2.45, 2.75) is 45.6 Å². The summed E-state index contributed by atoms with van der Waals surface area (Å²) in [5, 5.41) is 10.5. The summed E-state index contributed by atoms with van der Waals surface area (Å²) in [6.07, 6.45) is 4.35. The maximum Gasteiger partial charge on any atom is 0.272 e. The van der Waals surface area contributed by atoms with Crippen LogP contribution < -0.4 is 11.1 Å². The number of amides is 1. The predicted octanol–water partition coefficient (Wildman–Crippen LogP) is 1.76. The third-order valence-electron chi connectivity index (χ3n) is 3.59. The van der Waals surface area contributed by atoms with E-state index in [1.165, 1.54) is 0 Å². The minimum atomic E-state index is -0.160. The Hall–Kier alpha value is -1.65. The average molecular weight is 248 g/mol. The van der Waals surface area contributed by atoms with E-state index in [1.807, 2.05) is 0 Å². The Morgan fingerprint density at radius 2 is 2.00 bits per heavy atom. The first-order valence-electron chi connectivity index (χ1n) is 6.36. The van der Waals surface area contributed by atoms with Crippen LogP contribution in [-0.2, 0) is 0 Å². The molecule has 0 spiro atoms. The zero-order chi connectivity index (χ0) is 13.2. The van der Waals surface area contributed by atoms with E-state index in [2.05, 4.69) is 29.4 Å². The predicted molar refractivity (Wildman–Crippen MR) is 69.9 cm³/mol. The van der Waals surface area contributed by atoms with Crippen molar-refractivity contribution in [3.05, 3.63) is 17.8 Å². The van der Waals surface area contributed by atoms with Crippen molar-refractivity contribution in [3.8, 4) is 0 Å². The number of hydrogen-bond acceptors (Lipinski definition) is 4. The lowest BCUT2D eigenvalue weighted by molar-refractivity contribution is 0.0903. The van der Waals surface area contributed by atoms with Gasteiger partial charge < -0.3 is 11.1 Å². The normalized spacial score (nSPS) is 19.4. The lowest BCUT2D eigenvalue weighted by Gasteiger charge is -2.34. The molecule has 0 atom stereocenters. The highest BCUT2D eigenvalue weighted by atomic mass is 16.2. The molecule has 0 aromatic carbocycles. The molecular weight excluding hydrogens is 228 g/mol. The van der Waals surface area contributed by atoms with Gasteiger partial charge >= 0.3 is 0 Å². The minimum Gasteiger partial charge on any atom is -0.382 e. The molecule has 1 aliphatic rings. The smallest absolute Gasteiger partial charge is 0.272 e. The van der Waals surface area contributed by atoms with Crippen LogP contribution in [0.15, 0.2) is 12.1 Å². The zero-order valence-electron chi connectivity index (χ0n) is 10.9. The summed E-state index contributed by atoms with van der Waals surface area (Å²) in [6, 6.07) is 3.45. The molecule has 0 bridgehead atoms. The first-order valence-corrected chi connectivity index (χ1v) is 6.36. The number of nitrogens with two attached hydrogens (primary N) is 1. The second kappa shape index (κ2) is 4.92. The molecule has 2 rings (SSSR count). The molecule has 5 heteroatoms. The summed E-state index contributed by atoms with van der Waals surface area (Å²) in [5.74, 6) is 0.165. The van der Waals surface area contributed by atoms with Crippen LogP contribution in [0.5, 0.6) is 0 Å². The summed E-state index contributed by atoms with van der Waals surface area (Å²) in [6.45, 7) is 4.55. The van der Waals surface area contributed by atoms with Crippen molar-refractivity contribution in [2.75, 3.05) is 5.73 Å². The van der Waals surface area contributed by atoms with Crippen molar-refractivity contribution in [1.82, 2.24) is 15.5 Å². The molecule has 0 radical (unpaired) electrons. The topological polar surface area (TPSA) is 80.9 Å². The molecule has 18 heavy (non-hydrogen) atoms. The highest BCUT2D eigenvalue weighted by Gasteiger charge is 2.27. The molecule has 3 N–H and O–H groups in total. The van der Waals surface area contributed by atoms with Crippen molar-refractivity contribution in [1.29, 1.82) is 0 Å². The van der Waals surface area contributed by atoms with Gasteiger partial charge in [0.1, 0.15) is 5.82 Å².